The molecular formula is C11H21ClN2OS. The minimum absolute atomic E-state index is 0. The van der Waals surface area contributed by atoms with Crippen molar-refractivity contribution < 1.29 is 4.74 Å². The first-order chi connectivity index (χ1) is 7.33. The maximum atomic E-state index is 4.99. The first-order valence-electron chi connectivity index (χ1n) is 5.44. The average Bonchev–Trinajstić information content (AvgIpc) is 2.63. The molecule has 94 valence electrons. The molecule has 1 aromatic rings. The van der Waals surface area contributed by atoms with Crippen LogP contribution >= 0.6 is 23.7 Å². The van der Waals surface area contributed by atoms with Crippen molar-refractivity contribution in [1.29, 1.82) is 0 Å². The number of aryl methyl sites for hydroxylation is 1. The molecule has 0 amide bonds. The van der Waals surface area contributed by atoms with Crippen LogP contribution in [0.5, 0.6) is 0 Å². The molecule has 0 saturated carbocycles. The van der Waals surface area contributed by atoms with E-state index in [-0.39, 0.29) is 12.4 Å². The summed E-state index contributed by atoms with van der Waals surface area (Å²) in [6, 6.07) is 0. The van der Waals surface area contributed by atoms with Crippen LogP contribution in [0, 0.1) is 6.92 Å². The lowest BCUT2D eigenvalue weighted by molar-refractivity contribution is 0.192. The van der Waals surface area contributed by atoms with Crippen LogP contribution in [0.4, 0.5) is 0 Å². The molecule has 0 atom stereocenters. The maximum Gasteiger partial charge on any atom is 0.0897 e. The van der Waals surface area contributed by atoms with Crippen molar-refractivity contribution in [3.05, 3.63) is 16.1 Å². The van der Waals surface area contributed by atoms with Crippen molar-refractivity contribution in [3.63, 3.8) is 0 Å². The Morgan fingerprint density at radius 1 is 1.38 bits per heavy atom. The van der Waals surface area contributed by atoms with Gasteiger partial charge in [0.15, 0.2) is 0 Å². The lowest BCUT2D eigenvalue weighted by atomic mass is 10.2. The van der Waals surface area contributed by atoms with Gasteiger partial charge in [-0.05, 0) is 32.7 Å². The van der Waals surface area contributed by atoms with E-state index < -0.39 is 0 Å². The SMILES string of the molecule is COCCCCCNCc1cnc(C)s1.Cl. The predicted octanol–water partition coefficient (Wildman–Crippen LogP) is 2.78. The van der Waals surface area contributed by atoms with Crippen molar-refractivity contribution in [2.75, 3.05) is 20.3 Å². The number of methoxy groups -OCH3 is 1. The third-order valence-electron chi connectivity index (χ3n) is 2.17. The third kappa shape index (κ3) is 7.17. The quantitative estimate of drug-likeness (QED) is 0.733. The van der Waals surface area contributed by atoms with E-state index in [2.05, 4.69) is 10.3 Å². The van der Waals surface area contributed by atoms with Crippen molar-refractivity contribution in [1.82, 2.24) is 10.3 Å². The Labute approximate surface area is 108 Å². The summed E-state index contributed by atoms with van der Waals surface area (Å²) in [6.45, 7) is 4.96. The number of hydrogen-bond donors (Lipinski definition) is 1. The van der Waals surface area contributed by atoms with Gasteiger partial charge in [-0.25, -0.2) is 4.98 Å². The van der Waals surface area contributed by atoms with Crippen molar-refractivity contribution in [3.8, 4) is 0 Å². The van der Waals surface area contributed by atoms with Gasteiger partial charge >= 0.3 is 0 Å². The number of unbranched alkanes of at least 4 members (excludes halogenated alkanes) is 2. The number of nitrogens with one attached hydrogen (secondary N) is 1. The van der Waals surface area contributed by atoms with Crippen LogP contribution in [0.1, 0.15) is 29.1 Å². The fraction of sp³-hybridized carbons (Fsp3) is 0.727. The van der Waals surface area contributed by atoms with Crippen LogP contribution in [0.3, 0.4) is 0 Å². The highest BCUT2D eigenvalue weighted by Crippen LogP contribution is 2.10. The fourth-order valence-corrected chi connectivity index (χ4v) is 2.14. The molecule has 0 radical (unpaired) electrons. The Morgan fingerprint density at radius 3 is 2.81 bits per heavy atom. The number of aromatic nitrogens is 1. The van der Waals surface area contributed by atoms with Gasteiger partial charge in [-0.3, -0.25) is 0 Å². The van der Waals surface area contributed by atoms with Crippen molar-refractivity contribution in [2.24, 2.45) is 0 Å². The third-order valence-corrected chi connectivity index (χ3v) is 3.08. The van der Waals surface area contributed by atoms with Crippen LogP contribution in [0.25, 0.3) is 0 Å². The molecule has 0 aliphatic heterocycles. The summed E-state index contributed by atoms with van der Waals surface area (Å²) in [6.07, 6.45) is 5.58. The molecule has 0 aliphatic carbocycles. The van der Waals surface area contributed by atoms with Crippen LogP contribution in [0.2, 0.25) is 0 Å². The van der Waals surface area contributed by atoms with E-state index in [9.17, 15) is 0 Å². The smallest absolute Gasteiger partial charge is 0.0897 e. The number of halogens is 1. The van der Waals surface area contributed by atoms with E-state index in [1.54, 1.807) is 18.4 Å². The summed E-state index contributed by atoms with van der Waals surface area (Å²) in [4.78, 5) is 5.54. The first-order valence-corrected chi connectivity index (χ1v) is 6.25. The van der Waals surface area contributed by atoms with Crippen LogP contribution in [-0.4, -0.2) is 25.2 Å². The summed E-state index contributed by atoms with van der Waals surface area (Å²) in [7, 11) is 1.75. The van der Waals surface area contributed by atoms with E-state index in [1.165, 1.54) is 17.7 Å². The summed E-state index contributed by atoms with van der Waals surface area (Å²) >= 11 is 1.77. The van der Waals surface area contributed by atoms with Gasteiger partial charge in [0.1, 0.15) is 0 Å². The number of ether oxygens (including phenoxy) is 1. The molecule has 0 saturated heterocycles. The molecule has 0 aliphatic rings. The standard InChI is InChI=1S/C11H20N2OS.ClH/c1-10-13-9-11(15-10)8-12-6-4-3-5-7-14-2;/h9,12H,3-8H2,1-2H3;1H. The molecule has 0 bridgehead atoms. The van der Waals surface area contributed by atoms with Crippen LogP contribution in [0.15, 0.2) is 6.20 Å². The van der Waals surface area contributed by atoms with Gasteiger partial charge in [0.25, 0.3) is 0 Å². The van der Waals surface area contributed by atoms with E-state index in [0.717, 1.165) is 31.1 Å². The second-order valence-corrected chi connectivity index (χ2v) is 4.90. The summed E-state index contributed by atoms with van der Waals surface area (Å²) in [5.74, 6) is 0. The van der Waals surface area contributed by atoms with Gasteiger partial charge in [0.2, 0.25) is 0 Å². The lowest BCUT2D eigenvalue weighted by Crippen LogP contribution is -2.13. The van der Waals surface area contributed by atoms with E-state index in [1.807, 2.05) is 13.1 Å². The first kappa shape index (κ1) is 15.8. The molecule has 1 aromatic heterocycles. The second-order valence-electron chi connectivity index (χ2n) is 3.58. The molecule has 1 heterocycles. The van der Waals surface area contributed by atoms with E-state index in [0.29, 0.717) is 0 Å². The number of rotatable bonds is 8. The Kier molecular flexibility index (Phi) is 9.92. The largest absolute Gasteiger partial charge is 0.385 e. The van der Waals surface area contributed by atoms with Gasteiger partial charge in [0, 0.05) is 31.3 Å². The highest BCUT2D eigenvalue weighted by Gasteiger charge is 1.96. The average molecular weight is 265 g/mol. The summed E-state index contributed by atoms with van der Waals surface area (Å²) < 4.78 is 4.99. The topological polar surface area (TPSA) is 34.1 Å². The number of thiazole rings is 1. The van der Waals surface area contributed by atoms with Crippen molar-refractivity contribution >= 4 is 23.7 Å². The lowest BCUT2D eigenvalue weighted by Gasteiger charge is -2.02. The Hall–Kier alpha value is -0.160. The highest BCUT2D eigenvalue weighted by atomic mass is 35.5. The minimum atomic E-state index is 0. The maximum absolute atomic E-state index is 4.99. The van der Waals surface area contributed by atoms with Crippen LogP contribution in [-0.2, 0) is 11.3 Å². The predicted molar refractivity (Wildman–Crippen MR) is 71.5 cm³/mol. The molecule has 1 rings (SSSR count). The molecule has 1 N–H and O–H groups in total. The zero-order chi connectivity index (χ0) is 10.9. The zero-order valence-corrected chi connectivity index (χ0v) is 11.6. The summed E-state index contributed by atoms with van der Waals surface area (Å²) in [5, 5.41) is 4.57. The summed E-state index contributed by atoms with van der Waals surface area (Å²) in [5.41, 5.74) is 0. The molecule has 5 heteroatoms. The van der Waals surface area contributed by atoms with E-state index in [4.69, 9.17) is 4.74 Å². The van der Waals surface area contributed by atoms with Gasteiger partial charge in [-0.15, -0.1) is 23.7 Å². The molecule has 0 fully saturated rings. The molecule has 0 unspecified atom stereocenters. The molecule has 16 heavy (non-hydrogen) atoms. The number of nitrogens with zero attached hydrogens (tertiary/aromatic N) is 1. The normalized spacial score (nSPS) is 10.1. The van der Waals surface area contributed by atoms with Gasteiger partial charge in [-0.1, -0.05) is 0 Å². The number of hydrogen-bond acceptors (Lipinski definition) is 4. The highest BCUT2D eigenvalue weighted by molar-refractivity contribution is 7.11. The molecule has 0 spiro atoms. The minimum Gasteiger partial charge on any atom is -0.385 e. The van der Waals surface area contributed by atoms with Gasteiger partial charge in [-0.2, -0.15) is 0 Å². The Balaban J connectivity index is 0.00000225. The zero-order valence-electron chi connectivity index (χ0n) is 9.99. The van der Waals surface area contributed by atoms with Gasteiger partial charge in [0.05, 0.1) is 5.01 Å². The Morgan fingerprint density at radius 2 is 2.19 bits per heavy atom. The van der Waals surface area contributed by atoms with Gasteiger partial charge < -0.3 is 10.1 Å². The Bertz CT molecular complexity index is 268. The van der Waals surface area contributed by atoms with Crippen molar-refractivity contribution in [2.45, 2.75) is 32.7 Å². The molecular weight excluding hydrogens is 244 g/mol. The van der Waals surface area contributed by atoms with E-state index >= 15 is 0 Å². The van der Waals surface area contributed by atoms with Crippen LogP contribution < -0.4 is 5.32 Å². The monoisotopic (exact) mass is 264 g/mol. The molecule has 3 nitrogen and oxygen atoms in total. The molecule has 0 aromatic carbocycles. The fourth-order valence-electron chi connectivity index (χ4n) is 1.37. The second kappa shape index (κ2) is 10.0.